The van der Waals surface area contributed by atoms with Crippen LogP contribution in [0.3, 0.4) is 0 Å². The number of nitrogens with zero attached hydrogens (tertiary/aromatic N) is 3. The molecule has 0 radical (unpaired) electrons. The van der Waals surface area contributed by atoms with Gasteiger partial charge in [-0.05, 0) is 26.2 Å². The van der Waals surface area contributed by atoms with Crippen molar-refractivity contribution in [1.82, 2.24) is 14.0 Å². The van der Waals surface area contributed by atoms with Crippen LogP contribution in [0.1, 0.15) is 5.56 Å². The summed E-state index contributed by atoms with van der Waals surface area (Å²) in [5.74, 6) is 0. The van der Waals surface area contributed by atoms with E-state index >= 15 is 0 Å². The summed E-state index contributed by atoms with van der Waals surface area (Å²) in [6.07, 6.45) is 1.62. The summed E-state index contributed by atoms with van der Waals surface area (Å²) in [5.41, 5.74) is 0.767. The minimum absolute atomic E-state index is 0.245. The van der Waals surface area contributed by atoms with Gasteiger partial charge in [0, 0.05) is 25.4 Å². The van der Waals surface area contributed by atoms with Crippen LogP contribution in [0.5, 0.6) is 0 Å². The fourth-order valence-corrected chi connectivity index (χ4v) is 1.95. The minimum Gasteiger partial charge on any atom is -0.305 e. The number of hydrogen-bond acceptors (Lipinski definition) is 3. The highest BCUT2D eigenvalue weighted by molar-refractivity contribution is 5.31. The maximum atomic E-state index is 12.1. The van der Waals surface area contributed by atoms with Crippen molar-refractivity contribution in [3.8, 4) is 5.69 Å². The zero-order chi connectivity index (χ0) is 14.0. The van der Waals surface area contributed by atoms with Gasteiger partial charge in [0.15, 0.2) is 0 Å². The lowest BCUT2D eigenvalue weighted by molar-refractivity contribution is 0.397. The van der Waals surface area contributed by atoms with Gasteiger partial charge in [-0.25, -0.2) is 4.79 Å². The van der Waals surface area contributed by atoms with Crippen molar-refractivity contribution in [3.63, 3.8) is 0 Å². The first kappa shape index (κ1) is 13.3. The average Bonchev–Trinajstić information content (AvgIpc) is 2.40. The quantitative estimate of drug-likeness (QED) is 0.811. The van der Waals surface area contributed by atoms with Gasteiger partial charge in [0.2, 0.25) is 0 Å². The standard InChI is InChI=1S/C14H17N3O2/c1-15(2)9-11-10-17(12-7-5-4-6-8-12)14(19)16(3)13(11)18/h4-8,10H,9H2,1-3H3. The Balaban J connectivity index is 2.66. The van der Waals surface area contributed by atoms with Crippen molar-refractivity contribution in [2.75, 3.05) is 14.1 Å². The Morgan fingerprint density at radius 2 is 1.74 bits per heavy atom. The maximum absolute atomic E-state index is 12.1. The van der Waals surface area contributed by atoms with E-state index in [1.54, 1.807) is 6.20 Å². The fourth-order valence-electron chi connectivity index (χ4n) is 1.95. The number of para-hydroxylation sites is 1. The molecule has 0 fully saturated rings. The Bertz CT molecular complexity index is 684. The molecule has 0 atom stereocenters. The summed E-state index contributed by atoms with van der Waals surface area (Å²) in [5, 5.41) is 0. The summed E-state index contributed by atoms with van der Waals surface area (Å²) in [6.45, 7) is 0.500. The Morgan fingerprint density at radius 3 is 2.32 bits per heavy atom. The normalized spacial score (nSPS) is 10.9. The van der Waals surface area contributed by atoms with E-state index in [1.807, 2.05) is 49.3 Å². The lowest BCUT2D eigenvalue weighted by atomic mass is 10.3. The molecule has 0 saturated carbocycles. The van der Waals surface area contributed by atoms with Gasteiger partial charge in [0.25, 0.3) is 5.56 Å². The molecule has 100 valence electrons. The van der Waals surface area contributed by atoms with E-state index in [2.05, 4.69) is 0 Å². The molecular formula is C14H17N3O2. The Kier molecular flexibility index (Phi) is 3.66. The van der Waals surface area contributed by atoms with Gasteiger partial charge in [-0.3, -0.25) is 13.9 Å². The number of hydrogen-bond donors (Lipinski definition) is 0. The van der Waals surface area contributed by atoms with Crippen LogP contribution in [0.4, 0.5) is 0 Å². The summed E-state index contributed by atoms with van der Waals surface area (Å²) in [7, 11) is 5.28. The highest BCUT2D eigenvalue weighted by Gasteiger charge is 2.10. The molecule has 1 heterocycles. The van der Waals surface area contributed by atoms with E-state index < -0.39 is 0 Å². The van der Waals surface area contributed by atoms with Crippen molar-refractivity contribution in [2.24, 2.45) is 7.05 Å². The molecule has 0 amide bonds. The van der Waals surface area contributed by atoms with Gasteiger partial charge in [-0.1, -0.05) is 18.2 Å². The lowest BCUT2D eigenvalue weighted by Gasteiger charge is -2.13. The molecule has 1 aromatic heterocycles. The van der Waals surface area contributed by atoms with Crippen molar-refractivity contribution < 1.29 is 0 Å². The van der Waals surface area contributed by atoms with E-state index in [1.165, 1.54) is 11.6 Å². The molecule has 0 aliphatic rings. The van der Waals surface area contributed by atoms with Crippen molar-refractivity contribution >= 4 is 0 Å². The zero-order valence-electron chi connectivity index (χ0n) is 11.3. The minimum atomic E-state index is -0.335. The molecule has 19 heavy (non-hydrogen) atoms. The fraction of sp³-hybridized carbons (Fsp3) is 0.286. The SMILES string of the molecule is CN(C)Cc1cn(-c2ccccc2)c(=O)n(C)c1=O. The summed E-state index contributed by atoms with van der Waals surface area (Å²) >= 11 is 0. The summed E-state index contributed by atoms with van der Waals surface area (Å²) < 4.78 is 2.64. The first-order valence-corrected chi connectivity index (χ1v) is 6.02. The monoisotopic (exact) mass is 259 g/mol. The molecule has 0 bridgehead atoms. The first-order valence-electron chi connectivity index (χ1n) is 6.02. The van der Waals surface area contributed by atoms with E-state index in [4.69, 9.17) is 0 Å². The second-order valence-corrected chi connectivity index (χ2v) is 4.74. The molecule has 1 aromatic carbocycles. The number of rotatable bonds is 3. The Hall–Kier alpha value is -2.14. The molecule has 2 rings (SSSR count). The second-order valence-electron chi connectivity index (χ2n) is 4.74. The van der Waals surface area contributed by atoms with Gasteiger partial charge in [-0.2, -0.15) is 0 Å². The topological polar surface area (TPSA) is 47.2 Å². The van der Waals surface area contributed by atoms with E-state index in [0.29, 0.717) is 12.1 Å². The molecule has 0 aliphatic carbocycles. The molecule has 0 unspecified atom stereocenters. The summed E-state index contributed by atoms with van der Waals surface area (Å²) in [4.78, 5) is 26.1. The van der Waals surface area contributed by atoms with Crippen LogP contribution in [0, 0.1) is 0 Å². The van der Waals surface area contributed by atoms with Crippen molar-refractivity contribution in [3.05, 3.63) is 62.9 Å². The number of benzene rings is 1. The highest BCUT2D eigenvalue weighted by Crippen LogP contribution is 2.04. The smallest absolute Gasteiger partial charge is 0.305 e. The van der Waals surface area contributed by atoms with Gasteiger partial charge in [-0.15, -0.1) is 0 Å². The van der Waals surface area contributed by atoms with Crippen LogP contribution in [-0.2, 0) is 13.6 Å². The second kappa shape index (κ2) is 5.24. The van der Waals surface area contributed by atoms with Crippen LogP contribution in [0.15, 0.2) is 46.1 Å². The molecule has 0 saturated heterocycles. The molecule has 0 N–H and O–H groups in total. The lowest BCUT2D eigenvalue weighted by Crippen LogP contribution is -2.39. The molecule has 2 aromatic rings. The van der Waals surface area contributed by atoms with E-state index in [-0.39, 0.29) is 11.2 Å². The largest absolute Gasteiger partial charge is 0.335 e. The zero-order valence-corrected chi connectivity index (χ0v) is 11.3. The van der Waals surface area contributed by atoms with Crippen LogP contribution in [0.2, 0.25) is 0 Å². The van der Waals surface area contributed by atoms with Crippen LogP contribution in [-0.4, -0.2) is 28.1 Å². The first-order chi connectivity index (χ1) is 9.00. The third-order valence-electron chi connectivity index (χ3n) is 2.88. The molecular weight excluding hydrogens is 242 g/mol. The van der Waals surface area contributed by atoms with Crippen LogP contribution in [0.25, 0.3) is 5.69 Å². The molecule has 0 spiro atoms. The van der Waals surface area contributed by atoms with Crippen LogP contribution >= 0.6 is 0 Å². The Labute approximate surface area is 111 Å². The molecule has 5 nitrogen and oxygen atoms in total. The molecule has 0 aliphatic heterocycles. The predicted octanol–water partition coefficient (Wildman–Crippen LogP) is 0.598. The van der Waals surface area contributed by atoms with Crippen molar-refractivity contribution in [1.29, 1.82) is 0 Å². The van der Waals surface area contributed by atoms with Gasteiger partial charge in [0.05, 0.1) is 5.69 Å². The van der Waals surface area contributed by atoms with Crippen LogP contribution < -0.4 is 11.2 Å². The third kappa shape index (κ3) is 2.66. The van der Waals surface area contributed by atoms with Gasteiger partial charge >= 0.3 is 5.69 Å². The van der Waals surface area contributed by atoms with Crippen molar-refractivity contribution in [2.45, 2.75) is 6.54 Å². The van der Waals surface area contributed by atoms with Gasteiger partial charge < -0.3 is 4.90 Å². The van der Waals surface area contributed by atoms with E-state index in [0.717, 1.165) is 10.3 Å². The van der Waals surface area contributed by atoms with E-state index in [9.17, 15) is 9.59 Å². The highest BCUT2D eigenvalue weighted by atomic mass is 16.2. The Morgan fingerprint density at radius 1 is 1.11 bits per heavy atom. The molecule has 5 heteroatoms. The van der Waals surface area contributed by atoms with Gasteiger partial charge in [0.1, 0.15) is 0 Å². The summed E-state index contributed by atoms with van der Waals surface area (Å²) in [6, 6.07) is 9.28. The third-order valence-corrected chi connectivity index (χ3v) is 2.88. The number of aromatic nitrogens is 2. The predicted molar refractivity (Wildman–Crippen MR) is 74.7 cm³/mol. The maximum Gasteiger partial charge on any atom is 0.335 e. The average molecular weight is 259 g/mol.